The lowest BCUT2D eigenvalue weighted by Gasteiger charge is -2.15. The van der Waals surface area contributed by atoms with Gasteiger partial charge in [0.05, 0.1) is 5.25 Å². The second-order valence-corrected chi connectivity index (χ2v) is 4.16. The molecule has 0 saturated heterocycles. The number of Topliss-reactive ketones (excluding diaryl/α,β-unsaturated/α-hetero) is 1. The summed E-state index contributed by atoms with van der Waals surface area (Å²) in [5.74, 6) is -0.694. The van der Waals surface area contributed by atoms with Crippen molar-refractivity contribution in [3.63, 3.8) is 0 Å². The van der Waals surface area contributed by atoms with Crippen molar-refractivity contribution in [1.82, 2.24) is 0 Å². The van der Waals surface area contributed by atoms with Crippen LogP contribution >= 0.6 is 11.8 Å². The number of hydrogen-bond donors (Lipinski definition) is 1. The van der Waals surface area contributed by atoms with E-state index in [0.29, 0.717) is 5.92 Å². The first kappa shape index (κ1) is 7.79. The normalized spacial score (nSPS) is 30.3. The van der Waals surface area contributed by atoms with Gasteiger partial charge in [0.15, 0.2) is 5.17 Å². The summed E-state index contributed by atoms with van der Waals surface area (Å²) in [6, 6.07) is 0. The average molecular weight is 184 g/mol. The molecule has 0 aromatic heterocycles. The van der Waals surface area contributed by atoms with E-state index in [0.717, 1.165) is 12.8 Å². The Hall–Kier alpha value is -0.840. The second kappa shape index (κ2) is 2.58. The minimum absolute atomic E-state index is 0.233. The number of rotatable bonds is 1. The Bertz CT molecular complexity index is 283. The van der Waals surface area contributed by atoms with E-state index in [-0.39, 0.29) is 16.2 Å². The van der Waals surface area contributed by atoms with Crippen molar-refractivity contribution in [2.24, 2.45) is 16.6 Å². The summed E-state index contributed by atoms with van der Waals surface area (Å²) in [6.45, 7) is 0. The molecule has 0 aromatic carbocycles. The van der Waals surface area contributed by atoms with Crippen LogP contribution in [-0.2, 0) is 9.59 Å². The number of nitrogens with zero attached hydrogens (tertiary/aromatic N) is 1. The fourth-order valence-electron chi connectivity index (χ4n) is 1.20. The highest BCUT2D eigenvalue weighted by Crippen LogP contribution is 2.40. The van der Waals surface area contributed by atoms with Crippen LogP contribution in [0.3, 0.4) is 0 Å². The first-order valence-electron chi connectivity index (χ1n) is 3.77. The molecular weight excluding hydrogens is 176 g/mol. The molecule has 0 radical (unpaired) electrons. The highest BCUT2D eigenvalue weighted by Gasteiger charge is 2.42. The van der Waals surface area contributed by atoms with Gasteiger partial charge in [-0.15, -0.1) is 0 Å². The lowest BCUT2D eigenvalue weighted by molar-refractivity contribution is -0.135. The van der Waals surface area contributed by atoms with Crippen molar-refractivity contribution in [3.8, 4) is 0 Å². The quantitative estimate of drug-likeness (QED) is 0.578. The zero-order chi connectivity index (χ0) is 8.72. The van der Waals surface area contributed by atoms with Gasteiger partial charge < -0.3 is 5.73 Å². The maximum atomic E-state index is 11.2. The van der Waals surface area contributed by atoms with Crippen molar-refractivity contribution in [2.45, 2.75) is 18.1 Å². The van der Waals surface area contributed by atoms with Crippen LogP contribution in [-0.4, -0.2) is 22.1 Å². The van der Waals surface area contributed by atoms with E-state index in [1.165, 1.54) is 11.8 Å². The van der Waals surface area contributed by atoms with Crippen LogP contribution in [0.25, 0.3) is 0 Å². The molecule has 12 heavy (non-hydrogen) atoms. The first-order chi connectivity index (χ1) is 5.68. The monoisotopic (exact) mass is 184 g/mol. The fraction of sp³-hybridized carbons (Fsp3) is 0.571. The van der Waals surface area contributed by atoms with Gasteiger partial charge >= 0.3 is 5.91 Å². The minimum Gasteiger partial charge on any atom is -0.378 e. The highest BCUT2D eigenvalue weighted by molar-refractivity contribution is 8.15. The molecule has 64 valence electrons. The van der Waals surface area contributed by atoms with Crippen LogP contribution in [0.1, 0.15) is 12.8 Å². The lowest BCUT2D eigenvalue weighted by Crippen LogP contribution is -2.34. The molecule has 0 aromatic rings. The van der Waals surface area contributed by atoms with Gasteiger partial charge in [-0.1, -0.05) is 11.8 Å². The number of amidine groups is 1. The highest BCUT2D eigenvalue weighted by atomic mass is 32.2. The van der Waals surface area contributed by atoms with Crippen LogP contribution in [0.5, 0.6) is 0 Å². The van der Waals surface area contributed by atoms with Crippen LogP contribution in [0.15, 0.2) is 4.99 Å². The standard InChI is InChI=1S/C7H8N2O2S/c8-7-9-6(11)4(10)5(12-7)3-1-2-3/h3,5H,1-2H2,(H2,8,9,11)/t5-/m0/s1. The van der Waals surface area contributed by atoms with Gasteiger partial charge in [-0.05, 0) is 18.8 Å². The molecule has 1 heterocycles. The zero-order valence-corrected chi connectivity index (χ0v) is 7.13. The van der Waals surface area contributed by atoms with Crippen LogP contribution < -0.4 is 5.73 Å². The minimum atomic E-state index is -0.678. The summed E-state index contributed by atoms with van der Waals surface area (Å²) in [5, 5.41) is -0.00787. The molecule has 2 rings (SSSR count). The smallest absolute Gasteiger partial charge is 0.316 e. The topological polar surface area (TPSA) is 72.5 Å². The number of thioether (sulfide) groups is 1. The van der Waals surface area contributed by atoms with Crippen molar-refractivity contribution >= 4 is 28.6 Å². The van der Waals surface area contributed by atoms with Crippen LogP contribution in [0.4, 0.5) is 0 Å². The predicted molar refractivity (Wildman–Crippen MR) is 45.7 cm³/mol. The van der Waals surface area contributed by atoms with Crippen molar-refractivity contribution in [1.29, 1.82) is 0 Å². The van der Waals surface area contributed by atoms with Gasteiger partial charge in [-0.2, -0.15) is 4.99 Å². The van der Waals surface area contributed by atoms with E-state index in [2.05, 4.69) is 4.99 Å². The Morgan fingerprint density at radius 2 is 2.08 bits per heavy atom. The van der Waals surface area contributed by atoms with Gasteiger partial charge in [-0.25, -0.2) is 0 Å². The van der Waals surface area contributed by atoms with Crippen LogP contribution in [0.2, 0.25) is 0 Å². The fourth-order valence-corrected chi connectivity index (χ4v) is 2.26. The van der Waals surface area contributed by atoms with Crippen molar-refractivity contribution < 1.29 is 9.59 Å². The molecule has 1 fully saturated rings. The molecule has 1 amide bonds. The Morgan fingerprint density at radius 1 is 1.42 bits per heavy atom. The van der Waals surface area contributed by atoms with Gasteiger partial charge in [0, 0.05) is 0 Å². The molecular formula is C7H8N2O2S. The number of carbonyl (C=O) groups excluding carboxylic acids is 2. The molecule has 1 atom stereocenters. The molecule has 0 unspecified atom stereocenters. The summed E-state index contributed by atoms with van der Waals surface area (Å²) in [5.41, 5.74) is 5.38. The summed E-state index contributed by atoms with van der Waals surface area (Å²) >= 11 is 1.23. The second-order valence-electron chi connectivity index (χ2n) is 3.00. The summed E-state index contributed by atoms with van der Waals surface area (Å²) < 4.78 is 0. The number of aliphatic imine (C=N–C) groups is 1. The van der Waals surface area contributed by atoms with E-state index in [4.69, 9.17) is 5.73 Å². The van der Waals surface area contributed by atoms with E-state index < -0.39 is 5.91 Å². The molecule has 5 heteroatoms. The van der Waals surface area contributed by atoms with Gasteiger partial charge in [-0.3, -0.25) is 9.59 Å². The van der Waals surface area contributed by atoms with E-state index in [9.17, 15) is 9.59 Å². The molecule has 1 aliphatic heterocycles. The predicted octanol–water partition coefficient (Wildman–Crippen LogP) is -0.0778. The summed E-state index contributed by atoms with van der Waals surface area (Å²) in [6.07, 6.45) is 2.06. The largest absolute Gasteiger partial charge is 0.378 e. The third-order valence-electron chi connectivity index (χ3n) is 1.98. The number of amides is 1. The number of carbonyl (C=O) groups is 2. The van der Waals surface area contributed by atoms with Gasteiger partial charge in [0.25, 0.3) is 0 Å². The SMILES string of the molecule is NC1=NC(=O)C(=O)[C@H](C2CC2)S1. The number of hydrogen-bond acceptors (Lipinski definition) is 4. The molecule has 0 bridgehead atoms. The molecule has 2 aliphatic rings. The van der Waals surface area contributed by atoms with Crippen molar-refractivity contribution in [2.75, 3.05) is 0 Å². The summed E-state index contributed by atoms with van der Waals surface area (Å²) in [7, 11) is 0. The van der Waals surface area contributed by atoms with E-state index >= 15 is 0 Å². The molecule has 4 nitrogen and oxygen atoms in total. The maximum Gasteiger partial charge on any atom is 0.316 e. The number of nitrogens with two attached hydrogens (primary N) is 1. The molecule has 1 aliphatic carbocycles. The third kappa shape index (κ3) is 1.24. The average Bonchev–Trinajstić information content (AvgIpc) is 2.79. The molecule has 1 saturated carbocycles. The molecule has 2 N–H and O–H groups in total. The van der Waals surface area contributed by atoms with Gasteiger partial charge in [0.1, 0.15) is 0 Å². The maximum absolute atomic E-state index is 11.2. The van der Waals surface area contributed by atoms with E-state index in [1.807, 2.05) is 0 Å². The van der Waals surface area contributed by atoms with Crippen molar-refractivity contribution in [3.05, 3.63) is 0 Å². The number of ketones is 1. The zero-order valence-electron chi connectivity index (χ0n) is 6.32. The Kier molecular flexibility index (Phi) is 1.68. The van der Waals surface area contributed by atoms with Crippen LogP contribution in [0, 0.1) is 5.92 Å². The van der Waals surface area contributed by atoms with E-state index in [1.54, 1.807) is 0 Å². The lowest BCUT2D eigenvalue weighted by atomic mass is 10.2. The first-order valence-corrected chi connectivity index (χ1v) is 4.65. The Labute approximate surface area is 73.6 Å². The molecule has 0 spiro atoms. The van der Waals surface area contributed by atoms with Gasteiger partial charge in [0.2, 0.25) is 5.78 Å². The third-order valence-corrected chi connectivity index (χ3v) is 3.16. The Morgan fingerprint density at radius 3 is 2.67 bits per heavy atom. The summed E-state index contributed by atoms with van der Waals surface area (Å²) in [4.78, 5) is 25.5. The Balaban J connectivity index is 2.21.